The Morgan fingerprint density at radius 3 is 2.13 bits per heavy atom. The number of aryl methyl sites for hydroxylation is 2. The van der Waals surface area contributed by atoms with Crippen molar-refractivity contribution < 1.29 is 0 Å². The molecule has 0 fully saturated rings. The second-order valence-corrected chi connectivity index (χ2v) is 2.66. The summed E-state index contributed by atoms with van der Waals surface area (Å²) >= 11 is 0. The van der Waals surface area contributed by atoms with Gasteiger partial charge in [0, 0.05) is 0 Å². The smallest absolute Gasteiger partial charge is 0.153 e. The molecular formula is C12H21N3. The van der Waals surface area contributed by atoms with Crippen molar-refractivity contribution >= 4 is 5.65 Å². The molecule has 0 aliphatic rings. The first-order valence-corrected chi connectivity index (χ1v) is 5.55. The summed E-state index contributed by atoms with van der Waals surface area (Å²) < 4.78 is 1.80. The molecule has 0 atom stereocenters. The van der Waals surface area contributed by atoms with Crippen molar-refractivity contribution in [1.82, 2.24) is 14.6 Å². The molecule has 0 spiro atoms. The molecule has 0 aliphatic carbocycles. The van der Waals surface area contributed by atoms with Crippen LogP contribution in [0.4, 0.5) is 0 Å². The topological polar surface area (TPSA) is 30.2 Å². The van der Waals surface area contributed by atoms with Gasteiger partial charge in [0.2, 0.25) is 0 Å². The van der Waals surface area contributed by atoms with E-state index in [-0.39, 0.29) is 0 Å². The lowest BCUT2D eigenvalue weighted by atomic mass is 10.4. The maximum absolute atomic E-state index is 4.25. The quantitative estimate of drug-likeness (QED) is 0.662. The van der Waals surface area contributed by atoms with Crippen molar-refractivity contribution in [3.05, 3.63) is 29.7 Å². The van der Waals surface area contributed by atoms with Crippen LogP contribution in [0.2, 0.25) is 0 Å². The van der Waals surface area contributed by atoms with Gasteiger partial charge < -0.3 is 0 Å². The number of hydrogen-bond acceptors (Lipinski definition) is 2. The third-order valence-electron chi connectivity index (χ3n) is 1.57. The molecule has 15 heavy (non-hydrogen) atoms. The molecule has 3 heteroatoms. The van der Waals surface area contributed by atoms with Gasteiger partial charge in [-0.3, -0.25) is 0 Å². The van der Waals surface area contributed by atoms with E-state index in [1.165, 1.54) is 0 Å². The summed E-state index contributed by atoms with van der Waals surface area (Å²) in [6, 6.07) is 3.93. The van der Waals surface area contributed by atoms with Gasteiger partial charge in [-0.2, -0.15) is 5.10 Å². The number of nitrogens with zero attached hydrogens (tertiary/aromatic N) is 3. The van der Waals surface area contributed by atoms with Crippen LogP contribution in [-0.2, 0) is 0 Å². The standard InChI is InChI=1S/C8H9N3.2C2H6/c1-6-3-4-8-9-7(2)5-11(8)10-6;2*1-2/h3-5H,1-2H3;2*1-2H3. The van der Waals surface area contributed by atoms with E-state index >= 15 is 0 Å². The highest BCUT2D eigenvalue weighted by atomic mass is 15.2. The molecule has 0 saturated heterocycles. The summed E-state index contributed by atoms with van der Waals surface area (Å²) in [6.45, 7) is 11.9. The molecule has 0 aliphatic heterocycles. The summed E-state index contributed by atoms with van der Waals surface area (Å²) in [5.74, 6) is 0. The fourth-order valence-electron chi connectivity index (χ4n) is 1.10. The Bertz CT molecular complexity index is 391. The third-order valence-corrected chi connectivity index (χ3v) is 1.57. The highest BCUT2D eigenvalue weighted by Crippen LogP contribution is 2.02. The predicted molar refractivity (Wildman–Crippen MR) is 65.2 cm³/mol. The van der Waals surface area contributed by atoms with Gasteiger partial charge in [-0.1, -0.05) is 27.7 Å². The summed E-state index contributed by atoms with van der Waals surface area (Å²) in [6.07, 6.45) is 1.92. The second-order valence-electron chi connectivity index (χ2n) is 2.66. The number of imidazole rings is 1. The van der Waals surface area contributed by atoms with Crippen LogP contribution in [0.15, 0.2) is 18.3 Å². The Balaban J connectivity index is 0.000000442. The fourth-order valence-corrected chi connectivity index (χ4v) is 1.10. The summed E-state index contributed by atoms with van der Waals surface area (Å²) in [5.41, 5.74) is 2.92. The van der Waals surface area contributed by atoms with Crippen LogP contribution in [0.1, 0.15) is 39.1 Å². The minimum Gasteiger partial charge on any atom is -0.232 e. The molecule has 0 saturated carbocycles. The van der Waals surface area contributed by atoms with Gasteiger partial charge in [0.25, 0.3) is 0 Å². The zero-order valence-electron chi connectivity index (χ0n) is 10.6. The summed E-state index contributed by atoms with van der Waals surface area (Å²) in [7, 11) is 0. The number of fused-ring (bicyclic) bond motifs is 1. The maximum Gasteiger partial charge on any atom is 0.153 e. The Morgan fingerprint density at radius 2 is 1.53 bits per heavy atom. The van der Waals surface area contributed by atoms with Crippen LogP contribution >= 0.6 is 0 Å². The molecule has 84 valence electrons. The zero-order chi connectivity index (χ0) is 11.8. The van der Waals surface area contributed by atoms with Crippen molar-refractivity contribution in [2.75, 3.05) is 0 Å². The van der Waals surface area contributed by atoms with Crippen molar-refractivity contribution in [3.63, 3.8) is 0 Å². The molecule has 0 radical (unpaired) electrons. The van der Waals surface area contributed by atoms with E-state index in [4.69, 9.17) is 0 Å². The first-order chi connectivity index (χ1) is 7.25. The van der Waals surface area contributed by atoms with E-state index in [2.05, 4.69) is 10.1 Å². The first-order valence-electron chi connectivity index (χ1n) is 5.55. The van der Waals surface area contributed by atoms with Crippen LogP contribution < -0.4 is 0 Å². The van der Waals surface area contributed by atoms with E-state index in [0.29, 0.717) is 0 Å². The number of hydrogen-bond donors (Lipinski definition) is 0. The first kappa shape index (κ1) is 13.6. The van der Waals surface area contributed by atoms with Gasteiger partial charge in [-0.05, 0) is 26.0 Å². The van der Waals surface area contributed by atoms with E-state index in [9.17, 15) is 0 Å². The molecule has 2 aromatic heterocycles. The van der Waals surface area contributed by atoms with E-state index in [1.807, 2.05) is 59.9 Å². The van der Waals surface area contributed by atoms with Crippen LogP contribution in [0, 0.1) is 13.8 Å². The summed E-state index contributed by atoms with van der Waals surface area (Å²) in [5, 5.41) is 4.25. The Labute approximate surface area is 92.2 Å². The molecule has 2 aromatic rings. The van der Waals surface area contributed by atoms with Crippen LogP contribution in [0.25, 0.3) is 5.65 Å². The highest BCUT2D eigenvalue weighted by molar-refractivity contribution is 5.37. The predicted octanol–water partition coefficient (Wildman–Crippen LogP) is 3.40. The highest BCUT2D eigenvalue weighted by Gasteiger charge is 1.96. The van der Waals surface area contributed by atoms with Crippen LogP contribution in [0.5, 0.6) is 0 Å². The van der Waals surface area contributed by atoms with Gasteiger partial charge in [0.15, 0.2) is 5.65 Å². The van der Waals surface area contributed by atoms with Gasteiger partial charge in [0.05, 0.1) is 17.6 Å². The molecule has 0 amide bonds. The lowest BCUT2D eigenvalue weighted by Crippen LogP contribution is -1.91. The molecule has 0 bridgehead atoms. The van der Waals surface area contributed by atoms with Gasteiger partial charge >= 0.3 is 0 Å². The lowest BCUT2D eigenvalue weighted by molar-refractivity contribution is 0.900. The Kier molecular flexibility index (Phi) is 6.34. The van der Waals surface area contributed by atoms with Crippen molar-refractivity contribution in [3.8, 4) is 0 Å². The van der Waals surface area contributed by atoms with E-state index < -0.39 is 0 Å². The SMILES string of the molecule is CC.CC.Cc1cn2nc(C)ccc2n1. The largest absolute Gasteiger partial charge is 0.232 e. The normalized spacial score (nSPS) is 8.67. The molecule has 0 N–H and O–H groups in total. The average Bonchev–Trinajstić information content (AvgIpc) is 2.63. The minimum absolute atomic E-state index is 0.910. The van der Waals surface area contributed by atoms with E-state index in [0.717, 1.165) is 17.0 Å². The minimum atomic E-state index is 0.910. The fraction of sp³-hybridized carbons (Fsp3) is 0.500. The van der Waals surface area contributed by atoms with Gasteiger partial charge in [-0.25, -0.2) is 9.50 Å². The molecule has 2 rings (SSSR count). The zero-order valence-corrected chi connectivity index (χ0v) is 10.6. The monoisotopic (exact) mass is 207 g/mol. The number of aromatic nitrogens is 3. The molecule has 2 heterocycles. The molecule has 0 aromatic carbocycles. The van der Waals surface area contributed by atoms with Crippen LogP contribution in [-0.4, -0.2) is 14.6 Å². The maximum atomic E-state index is 4.25. The second kappa shape index (κ2) is 6.98. The molecule has 0 unspecified atom stereocenters. The lowest BCUT2D eigenvalue weighted by Gasteiger charge is -1.91. The summed E-state index contributed by atoms with van der Waals surface area (Å²) in [4.78, 5) is 4.25. The van der Waals surface area contributed by atoms with Crippen molar-refractivity contribution in [2.45, 2.75) is 41.5 Å². The Morgan fingerprint density at radius 1 is 0.933 bits per heavy atom. The molecule has 3 nitrogen and oxygen atoms in total. The van der Waals surface area contributed by atoms with Crippen molar-refractivity contribution in [1.29, 1.82) is 0 Å². The third kappa shape index (κ3) is 3.70. The number of rotatable bonds is 0. The average molecular weight is 207 g/mol. The Hall–Kier alpha value is -1.38. The van der Waals surface area contributed by atoms with Gasteiger partial charge in [-0.15, -0.1) is 0 Å². The van der Waals surface area contributed by atoms with Gasteiger partial charge in [0.1, 0.15) is 0 Å². The van der Waals surface area contributed by atoms with Crippen molar-refractivity contribution in [2.24, 2.45) is 0 Å². The molecular weight excluding hydrogens is 186 g/mol. The van der Waals surface area contributed by atoms with Crippen LogP contribution in [0.3, 0.4) is 0 Å². The van der Waals surface area contributed by atoms with E-state index in [1.54, 1.807) is 4.52 Å².